The van der Waals surface area contributed by atoms with Crippen molar-refractivity contribution in [2.45, 2.75) is 39.0 Å². The van der Waals surface area contributed by atoms with E-state index in [-0.39, 0.29) is 61.3 Å². The van der Waals surface area contributed by atoms with Crippen LogP contribution in [-0.4, -0.2) is 23.7 Å². The maximum absolute atomic E-state index is 14.2. The average Bonchev–Trinajstić information content (AvgIpc) is 0.877. The molecular formula is C72H46F6O9S2+2. The summed E-state index contributed by atoms with van der Waals surface area (Å²) in [6.45, 7) is 3.84. The molecule has 2 heterocycles. The maximum Gasteiger partial charge on any atom is 0.416 e. The molecule has 0 saturated heterocycles. The van der Waals surface area contributed by atoms with Gasteiger partial charge in [-0.25, -0.2) is 14.4 Å². The molecule has 17 heteroatoms. The summed E-state index contributed by atoms with van der Waals surface area (Å²) >= 11 is 0. The van der Waals surface area contributed by atoms with Crippen LogP contribution in [0.25, 0.3) is 50.1 Å². The van der Waals surface area contributed by atoms with Crippen molar-refractivity contribution < 1.29 is 59.7 Å². The highest BCUT2D eigenvalue weighted by atomic mass is 32.2. The summed E-state index contributed by atoms with van der Waals surface area (Å²) in [5.41, 5.74) is 1.02. The fourth-order valence-corrected chi connectivity index (χ4v) is 15.3. The molecule has 0 bridgehead atoms. The first-order valence-corrected chi connectivity index (χ1v) is 30.1. The summed E-state index contributed by atoms with van der Waals surface area (Å²) in [4.78, 5) is 84.7. The Balaban J connectivity index is 0.827. The summed E-state index contributed by atoms with van der Waals surface area (Å²) in [5.74, 6) is -2.90. The van der Waals surface area contributed by atoms with E-state index >= 15 is 0 Å². The van der Waals surface area contributed by atoms with Crippen molar-refractivity contribution >= 4 is 85.0 Å². The number of rotatable bonds is 13. The number of ether oxygens (including phenoxy) is 3. The molecular weight excluding hydrogens is 1190 g/mol. The summed E-state index contributed by atoms with van der Waals surface area (Å²) in [7, 11) is -2.11. The first-order valence-electron chi connectivity index (χ1n) is 27.7. The normalized spacial score (nSPS) is 12.1. The zero-order valence-corrected chi connectivity index (χ0v) is 48.6. The van der Waals surface area contributed by atoms with Gasteiger partial charge in [0.1, 0.15) is 17.2 Å². The lowest BCUT2D eigenvalue weighted by Gasteiger charge is -2.12. The zero-order chi connectivity index (χ0) is 62.5. The van der Waals surface area contributed by atoms with Gasteiger partial charge >= 0.3 is 30.3 Å². The van der Waals surface area contributed by atoms with Gasteiger partial charge in [0.25, 0.3) is 0 Å². The van der Waals surface area contributed by atoms with Crippen molar-refractivity contribution in [2.75, 3.05) is 0 Å². The number of esters is 3. The van der Waals surface area contributed by atoms with Gasteiger partial charge in [0.2, 0.25) is 10.9 Å². The van der Waals surface area contributed by atoms with Gasteiger partial charge < -0.3 is 14.2 Å². The van der Waals surface area contributed by atoms with Crippen LogP contribution in [0, 0.1) is 13.8 Å². The van der Waals surface area contributed by atoms with E-state index < -0.39 is 73.2 Å². The molecule has 12 aromatic rings. The van der Waals surface area contributed by atoms with Crippen LogP contribution >= 0.6 is 20.9 Å². The molecule has 0 N–H and O–H groups in total. The van der Waals surface area contributed by atoms with E-state index in [9.17, 15) is 55.1 Å². The minimum absolute atomic E-state index is 0.0131. The van der Waals surface area contributed by atoms with Gasteiger partial charge in [-0.2, -0.15) is 26.3 Å². The van der Waals surface area contributed by atoms with Gasteiger partial charge in [-0.15, -0.1) is 0 Å². The molecule has 0 saturated carbocycles. The average molecular weight is 1230 g/mol. The Bertz CT molecular complexity index is 4770. The number of carbonyl (C=O) groups excluding carboxylic acids is 4. The highest BCUT2D eigenvalue weighted by Crippen LogP contribution is 2.47. The van der Waals surface area contributed by atoms with E-state index in [0.717, 1.165) is 46.5 Å². The van der Waals surface area contributed by atoms with Crippen LogP contribution < -0.4 is 25.1 Å². The Hall–Kier alpha value is -10.4. The number of alkyl halides is 6. The van der Waals surface area contributed by atoms with Gasteiger partial charge in [0.15, 0.2) is 34.4 Å². The van der Waals surface area contributed by atoms with Crippen molar-refractivity contribution in [2.24, 2.45) is 0 Å². The predicted octanol–water partition coefficient (Wildman–Crippen LogP) is 17.8. The van der Waals surface area contributed by atoms with E-state index in [1.807, 2.05) is 56.3 Å². The third-order valence-corrected chi connectivity index (χ3v) is 19.8. The number of benzene rings is 10. The minimum Gasteiger partial charge on any atom is -0.423 e. The first kappa shape index (κ1) is 59.0. The Morgan fingerprint density at radius 1 is 0.393 bits per heavy atom. The number of hydrogen-bond acceptors (Lipinski definition) is 9. The predicted molar refractivity (Wildman–Crippen MR) is 334 cm³/mol. The fourth-order valence-electron chi connectivity index (χ4n) is 10.7. The number of halogens is 6. The Morgan fingerprint density at radius 3 is 1.25 bits per heavy atom. The van der Waals surface area contributed by atoms with Crippen LogP contribution in [0.5, 0.6) is 17.2 Å². The van der Waals surface area contributed by atoms with Gasteiger partial charge in [-0.3, -0.25) is 14.4 Å². The van der Waals surface area contributed by atoms with E-state index in [1.165, 1.54) is 54.6 Å². The molecule has 0 fully saturated rings. The summed E-state index contributed by atoms with van der Waals surface area (Å²) in [6, 6.07) is 55.3. The topological polar surface area (TPSA) is 130 Å². The van der Waals surface area contributed by atoms with Gasteiger partial charge in [-0.05, 0) is 165 Å². The Labute approximate surface area is 508 Å². The summed E-state index contributed by atoms with van der Waals surface area (Å²) < 4.78 is 103. The van der Waals surface area contributed by atoms with E-state index in [1.54, 1.807) is 97.1 Å². The maximum atomic E-state index is 14.2. The van der Waals surface area contributed by atoms with Crippen LogP contribution in [0.2, 0.25) is 0 Å². The molecule has 0 aliphatic carbocycles. The molecule has 9 nitrogen and oxygen atoms in total. The van der Waals surface area contributed by atoms with Crippen LogP contribution in [0.4, 0.5) is 26.3 Å². The zero-order valence-electron chi connectivity index (χ0n) is 47.0. The highest BCUT2D eigenvalue weighted by Gasteiger charge is 2.35. The number of hydrogen-bond donors (Lipinski definition) is 0. The Morgan fingerprint density at radius 2 is 0.798 bits per heavy atom. The lowest BCUT2D eigenvalue weighted by molar-refractivity contribution is -0.138. The van der Waals surface area contributed by atoms with E-state index in [4.69, 9.17) is 14.2 Å². The fraction of sp³-hybridized carbons (Fsp3) is 0.0833. The Kier molecular flexibility index (Phi) is 15.7. The number of carbonyl (C=O) groups is 4. The molecule has 0 aliphatic rings. The quantitative estimate of drug-likeness (QED) is 0.0277. The van der Waals surface area contributed by atoms with Crippen molar-refractivity contribution in [3.63, 3.8) is 0 Å². The van der Waals surface area contributed by atoms with Gasteiger partial charge in [0.05, 0.1) is 49.4 Å². The van der Waals surface area contributed by atoms with Gasteiger partial charge in [0, 0.05) is 56.3 Å². The lowest BCUT2D eigenvalue weighted by atomic mass is 9.92. The standard InChI is InChI=1S/C72H46F6O9S2/c1-41-15-16-42(2)58(35-41)65(79)55-10-4-3-9-44(55)20-17-43-18-23-50(24-19-43)85-68(82)45-36-46(69(83)86-51-25-29-53(30-26-51)88-61-13-7-5-11-56(61)66(80)59-39-48(71(73,74)75)21-33-63(59)88)38-47(37-45)70(84)87-52-27-31-54(32-28-52)89-62-14-8-6-12-57(62)67(81)60-40-49(72(76,77)78)22-34-64(60)89/h3-16,18-19,21-40H,17,20H2,1-2H3/q+2. The molecule has 2 unspecified atom stereocenters. The second-order valence-electron chi connectivity index (χ2n) is 21.0. The second-order valence-corrected chi connectivity index (χ2v) is 25.0. The number of fused-ring (bicyclic) bond motifs is 4. The molecule has 0 amide bonds. The van der Waals surface area contributed by atoms with E-state index in [0.29, 0.717) is 52.6 Å². The molecule has 0 radical (unpaired) electrons. The monoisotopic (exact) mass is 1230 g/mol. The van der Waals surface area contributed by atoms with Crippen LogP contribution in [-0.2, 0) is 25.2 Å². The lowest BCUT2D eigenvalue weighted by Crippen LogP contribution is -2.16. The number of aryl methyl sites for hydroxylation is 4. The van der Waals surface area contributed by atoms with Gasteiger partial charge in [-0.1, -0.05) is 78.4 Å². The van der Waals surface area contributed by atoms with Crippen LogP contribution in [0.3, 0.4) is 0 Å². The van der Waals surface area contributed by atoms with Crippen LogP contribution in [0.15, 0.2) is 228 Å². The SMILES string of the molecule is Cc1ccc(C)c(C(=O)c2ccccc2CCc2ccc(OC(=O)c3cc(C(=O)Oc4ccc(-[s+]5c6ccccc6c(=O)c6cc(C(F)(F)F)ccc65)cc4)cc(C(=O)Oc4ccc(-[s+]5c6ccccc6c(=O)c6cc(C(F)(F)F)ccc65)cc4)c3)cc2)c1. The molecule has 0 aliphatic heterocycles. The highest BCUT2D eigenvalue weighted by molar-refractivity contribution is 7.50. The molecule has 2 aromatic heterocycles. The van der Waals surface area contributed by atoms with E-state index in [2.05, 4.69) is 0 Å². The summed E-state index contributed by atoms with van der Waals surface area (Å²) in [6.07, 6.45) is -8.31. The van der Waals surface area contributed by atoms with Crippen molar-refractivity contribution in [1.82, 2.24) is 0 Å². The largest absolute Gasteiger partial charge is 0.423 e. The summed E-state index contributed by atoms with van der Waals surface area (Å²) in [5, 5.41) is 0.337. The smallest absolute Gasteiger partial charge is 0.416 e. The second kappa shape index (κ2) is 23.7. The molecule has 0 spiro atoms. The molecule has 89 heavy (non-hydrogen) atoms. The number of ketones is 1. The van der Waals surface area contributed by atoms with Crippen molar-refractivity contribution in [1.29, 1.82) is 0 Å². The van der Waals surface area contributed by atoms with Crippen molar-refractivity contribution in [3.05, 3.63) is 300 Å². The minimum atomic E-state index is -4.69. The first-order chi connectivity index (χ1) is 42.7. The molecule has 10 aromatic carbocycles. The molecule has 12 rings (SSSR count). The molecule has 440 valence electrons. The van der Waals surface area contributed by atoms with Crippen molar-refractivity contribution in [3.8, 4) is 27.0 Å². The third kappa shape index (κ3) is 12.0. The third-order valence-electron chi connectivity index (χ3n) is 15.1. The van der Waals surface area contributed by atoms with Crippen LogP contribution in [0.1, 0.15) is 80.4 Å². The molecule has 2 atom stereocenters.